The van der Waals surface area contributed by atoms with Crippen molar-refractivity contribution < 1.29 is 19.2 Å². The lowest BCUT2D eigenvalue weighted by Crippen LogP contribution is -2.54. The molecule has 3 saturated heterocycles. The standard InChI is InChI=1S/C29H31Cl2N5O4/c30-21-5-2-6-22(26(21)31)34-15-13-33(14-16-34)19-9-11-35(12-10-19)28(39)20-4-1-3-18-17-36(29(40)25(18)20)23-7-8-24(37)32-27(23)38/h1-6,19,23H,7-17H2,(H,32,37,38). The Kier molecular flexibility index (Phi) is 7.46. The van der Waals surface area contributed by atoms with E-state index in [1.807, 2.05) is 23.1 Å². The fraction of sp³-hybridized carbons (Fsp3) is 0.448. The van der Waals surface area contributed by atoms with E-state index in [0.29, 0.717) is 46.7 Å². The van der Waals surface area contributed by atoms with Crippen LogP contribution < -0.4 is 10.2 Å². The summed E-state index contributed by atoms with van der Waals surface area (Å²) >= 11 is 12.6. The molecular weight excluding hydrogens is 553 g/mol. The Balaban J connectivity index is 1.07. The Labute approximate surface area is 243 Å². The average molecular weight is 585 g/mol. The summed E-state index contributed by atoms with van der Waals surface area (Å²) in [6, 6.07) is 10.8. The molecule has 3 fully saturated rings. The van der Waals surface area contributed by atoms with Gasteiger partial charge in [-0.05, 0) is 43.0 Å². The quantitative estimate of drug-likeness (QED) is 0.556. The van der Waals surface area contributed by atoms with Crippen LogP contribution in [0, 0.1) is 0 Å². The topological polar surface area (TPSA) is 93.3 Å². The first kappa shape index (κ1) is 27.1. The molecule has 0 aliphatic carbocycles. The number of fused-ring (bicyclic) bond motifs is 1. The van der Waals surface area contributed by atoms with Gasteiger partial charge in [-0.3, -0.25) is 29.4 Å². The van der Waals surface area contributed by atoms with E-state index in [0.717, 1.165) is 50.3 Å². The van der Waals surface area contributed by atoms with E-state index in [9.17, 15) is 19.2 Å². The molecule has 0 aromatic heterocycles. The molecule has 4 aliphatic heterocycles. The number of likely N-dealkylation sites (tertiary alicyclic amines) is 1. The number of nitrogens with zero attached hydrogens (tertiary/aromatic N) is 4. The van der Waals surface area contributed by atoms with Crippen LogP contribution in [0.1, 0.15) is 52.0 Å². The first-order valence-corrected chi connectivity index (χ1v) is 14.6. The van der Waals surface area contributed by atoms with Crippen LogP contribution in [0.15, 0.2) is 36.4 Å². The second-order valence-corrected chi connectivity index (χ2v) is 11.6. The number of hydrogen-bond acceptors (Lipinski definition) is 6. The van der Waals surface area contributed by atoms with Crippen molar-refractivity contribution in [1.82, 2.24) is 20.0 Å². The minimum Gasteiger partial charge on any atom is -0.368 e. The van der Waals surface area contributed by atoms with Crippen molar-refractivity contribution in [2.75, 3.05) is 44.2 Å². The fourth-order valence-electron chi connectivity index (χ4n) is 6.46. The highest BCUT2D eigenvalue weighted by Gasteiger charge is 2.41. The normalized spacial score (nSPS) is 22.5. The largest absolute Gasteiger partial charge is 0.368 e. The van der Waals surface area contributed by atoms with E-state index in [2.05, 4.69) is 15.1 Å². The minimum absolute atomic E-state index is 0.144. The van der Waals surface area contributed by atoms with Crippen molar-refractivity contribution in [2.24, 2.45) is 0 Å². The number of imide groups is 1. The summed E-state index contributed by atoms with van der Waals surface area (Å²) in [5, 5.41) is 3.48. The molecule has 0 bridgehead atoms. The number of nitrogens with one attached hydrogen (secondary N) is 1. The molecule has 0 saturated carbocycles. The van der Waals surface area contributed by atoms with Crippen LogP contribution in [0.25, 0.3) is 0 Å². The Morgan fingerprint density at radius 3 is 2.33 bits per heavy atom. The van der Waals surface area contributed by atoms with Gasteiger partial charge in [-0.2, -0.15) is 0 Å². The number of piperidine rings is 2. The van der Waals surface area contributed by atoms with Crippen LogP contribution in [0.5, 0.6) is 0 Å². The second-order valence-electron chi connectivity index (χ2n) is 10.9. The van der Waals surface area contributed by atoms with E-state index in [1.54, 1.807) is 18.2 Å². The van der Waals surface area contributed by atoms with Crippen molar-refractivity contribution >= 4 is 52.5 Å². The molecule has 2 aromatic carbocycles. The Bertz CT molecular complexity index is 1370. The van der Waals surface area contributed by atoms with Gasteiger partial charge in [0.05, 0.1) is 26.9 Å². The summed E-state index contributed by atoms with van der Waals surface area (Å²) < 4.78 is 0. The van der Waals surface area contributed by atoms with Crippen molar-refractivity contribution in [3.63, 3.8) is 0 Å². The summed E-state index contributed by atoms with van der Waals surface area (Å²) in [7, 11) is 0. The zero-order chi connectivity index (χ0) is 28.0. The minimum atomic E-state index is -0.702. The van der Waals surface area contributed by atoms with Crippen LogP contribution in [-0.2, 0) is 16.1 Å². The molecular formula is C29H31Cl2N5O4. The van der Waals surface area contributed by atoms with Gasteiger partial charge in [0, 0.05) is 58.3 Å². The zero-order valence-corrected chi connectivity index (χ0v) is 23.6. The summed E-state index contributed by atoms with van der Waals surface area (Å²) in [4.78, 5) is 59.1. The molecule has 1 N–H and O–H groups in total. The third kappa shape index (κ3) is 4.95. The number of carbonyl (C=O) groups excluding carboxylic acids is 4. The first-order valence-electron chi connectivity index (χ1n) is 13.8. The average Bonchev–Trinajstić information content (AvgIpc) is 3.30. The number of hydrogen-bond donors (Lipinski definition) is 1. The molecule has 0 spiro atoms. The Morgan fingerprint density at radius 2 is 1.60 bits per heavy atom. The van der Waals surface area contributed by atoms with Gasteiger partial charge in [0.15, 0.2) is 0 Å². The molecule has 4 heterocycles. The van der Waals surface area contributed by atoms with Crippen LogP contribution in [0.3, 0.4) is 0 Å². The number of rotatable bonds is 4. The predicted octanol–water partition coefficient (Wildman–Crippen LogP) is 3.18. The molecule has 40 heavy (non-hydrogen) atoms. The van der Waals surface area contributed by atoms with Gasteiger partial charge in [0.25, 0.3) is 11.8 Å². The van der Waals surface area contributed by atoms with Crippen molar-refractivity contribution in [3.8, 4) is 0 Å². The first-order chi connectivity index (χ1) is 19.3. The van der Waals surface area contributed by atoms with Gasteiger partial charge in [0.1, 0.15) is 6.04 Å². The highest BCUT2D eigenvalue weighted by atomic mass is 35.5. The molecule has 9 nitrogen and oxygen atoms in total. The van der Waals surface area contributed by atoms with Crippen molar-refractivity contribution in [1.29, 1.82) is 0 Å². The van der Waals surface area contributed by atoms with E-state index < -0.39 is 11.9 Å². The lowest BCUT2D eigenvalue weighted by Gasteiger charge is -2.43. The molecule has 2 aromatic rings. The van der Waals surface area contributed by atoms with Gasteiger partial charge in [-0.25, -0.2) is 0 Å². The summed E-state index contributed by atoms with van der Waals surface area (Å²) in [5.74, 6) is -1.24. The van der Waals surface area contributed by atoms with Gasteiger partial charge >= 0.3 is 0 Å². The maximum atomic E-state index is 13.6. The van der Waals surface area contributed by atoms with Crippen LogP contribution in [-0.4, -0.2) is 89.7 Å². The van der Waals surface area contributed by atoms with Gasteiger partial charge in [0.2, 0.25) is 11.8 Å². The number of benzene rings is 2. The van der Waals surface area contributed by atoms with E-state index in [1.165, 1.54) is 4.90 Å². The lowest BCUT2D eigenvalue weighted by atomic mass is 9.98. The Morgan fingerprint density at radius 1 is 0.875 bits per heavy atom. The maximum Gasteiger partial charge on any atom is 0.256 e. The molecule has 0 radical (unpaired) electrons. The maximum absolute atomic E-state index is 13.6. The SMILES string of the molecule is O=C1CCC(N2Cc3cccc(C(=O)N4CCC(N5CCN(c6cccc(Cl)c6Cl)CC5)CC4)c3C2=O)C(=O)N1. The molecule has 1 unspecified atom stereocenters. The lowest BCUT2D eigenvalue weighted by molar-refractivity contribution is -0.136. The number of anilines is 1. The summed E-state index contributed by atoms with van der Waals surface area (Å²) in [5.41, 5.74) is 2.49. The van der Waals surface area contributed by atoms with Crippen LogP contribution in [0.2, 0.25) is 10.0 Å². The smallest absolute Gasteiger partial charge is 0.256 e. The molecule has 1 atom stereocenters. The highest BCUT2D eigenvalue weighted by molar-refractivity contribution is 6.43. The van der Waals surface area contributed by atoms with Crippen molar-refractivity contribution in [2.45, 2.75) is 44.3 Å². The fourth-order valence-corrected chi connectivity index (χ4v) is 6.88. The second kappa shape index (κ2) is 11.0. The predicted molar refractivity (Wildman–Crippen MR) is 152 cm³/mol. The molecule has 210 valence electrons. The summed E-state index contributed by atoms with van der Waals surface area (Å²) in [6.07, 6.45) is 2.23. The number of carbonyl (C=O) groups is 4. The highest BCUT2D eigenvalue weighted by Crippen LogP contribution is 2.34. The van der Waals surface area contributed by atoms with E-state index in [4.69, 9.17) is 23.2 Å². The monoisotopic (exact) mass is 583 g/mol. The molecule has 11 heteroatoms. The third-order valence-corrected chi connectivity index (χ3v) is 9.45. The molecule has 4 aliphatic rings. The number of halogens is 2. The summed E-state index contributed by atoms with van der Waals surface area (Å²) in [6.45, 7) is 5.06. The van der Waals surface area contributed by atoms with Gasteiger partial charge < -0.3 is 14.7 Å². The van der Waals surface area contributed by atoms with E-state index >= 15 is 0 Å². The van der Waals surface area contributed by atoms with Gasteiger partial charge in [-0.15, -0.1) is 0 Å². The molecule has 4 amide bonds. The van der Waals surface area contributed by atoms with Crippen LogP contribution >= 0.6 is 23.2 Å². The van der Waals surface area contributed by atoms with Crippen LogP contribution in [0.4, 0.5) is 5.69 Å². The van der Waals surface area contributed by atoms with Crippen molar-refractivity contribution in [3.05, 3.63) is 63.1 Å². The molecule has 6 rings (SSSR count). The zero-order valence-electron chi connectivity index (χ0n) is 22.1. The number of piperazine rings is 1. The number of amides is 4. The Hall–Kier alpha value is -3.14. The van der Waals surface area contributed by atoms with Gasteiger partial charge in [-0.1, -0.05) is 41.4 Å². The van der Waals surface area contributed by atoms with E-state index in [-0.39, 0.29) is 30.7 Å². The third-order valence-electron chi connectivity index (χ3n) is 8.64.